The minimum Gasteiger partial charge on any atom is -0.318 e. The van der Waals surface area contributed by atoms with Crippen molar-refractivity contribution in [1.82, 2.24) is 4.90 Å². The predicted octanol–water partition coefficient (Wildman–Crippen LogP) is 4.50. The van der Waals surface area contributed by atoms with Crippen LogP contribution in [0.1, 0.15) is 12.8 Å². The number of hydrogen-bond acceptors (Lipinski definition) is 1. The predicted molar refractivity (Wildman–Crippen MR) is 73.9 cm³/mol. The number of hydrogen-bond donors (Lipinski definition) is 1. The maximum Gasteiger partial charge on any atom is 0.322 e. The number of rotatable bonds is 1. The first-order valence-corrected chi connectivity index (χ1v) is 7.04. The molecule has 110 valence electrons. The van der Waals surface area contributed by atoms with Crippen molar-refractivity contribution >= 4 is 39.2 Å². The fourth-order valence-corrected chi connectivity index (χ4v) is 2.43. The SMILES string of the molecule is O=C(Nc1ccc(Br)c(Cl)c1F)N1CCCC(F)(F)C1. The highest BCUT2D eigenvalue weighted by Gasteiger charge is 2.37. The second-order valence-corrected chi connectivity index (χ2v) is 5.77. The van der Waals surface area contributed by atoms with Crippen LogP contribution in [0.15, 0.2) is 16.6 Å². The van der Waals surface area contributed by atoms with Crippen LogP contribution in [-0.4, -0.2) is 29.9 Å². The van der Waals surface area contributed by atoms with Gasteiger partial charge in [0.05, 0.1) is 17.3 Å². The molecule has 1 fully saturated rings. The van der Waals surface area contributed by atoms with Gasteiger partial charge in [-0.2, -0.15) is 0 Å². The number of alkyl halides is 2. The van der Waals surface area contributed by atoms with Gasteiger partial charge in [-0.3, -0.25) is 0 Å². The molecule has 1 aliphatic rings. The Morgan fingerprint density at radius 1 is 1.45 bits per heavy atom. The lowest BCUT2D eigenvalue weighted by Gasteiger charge is -2.32. The van der Waals surface area contributed by atoms with Gasteiger partial charge in [0.25, 0.3) is 5.92 Å². The molecule has 0 radical (unpaired) electrons. The van der Waals surface area contributed by atoms with E-state index >= 15 is 0 Å². The first-order chi connectivity index (χ1) is 9.30. The lowest BCUT2D eigenvalue weighted by atomic mass is 10.1. The summed E-state index contributed by atoms with van der Waals surface area (Å²) in [4.78, 5) is 12.8. The maximum atomic E-state index is 13.8. The topological polar surface area (TPSA) is 32.3 Å². The van der Waals surface area contributed by atoms with Crippen molar-refractivity contribution in [3.05, 3.63) is 27.4 Å². The normalized spacial score (nSPS) is 17.9. The number of anilines is 1. The Kier molecular flexibility index (Phi) is 4.49. The van der Waals surface area contributed by atoms with Crippen LogP contribution in [0.25, 0.3) is 0 Å². The van der Waals surface area contributed by atoms with Crippen LogP contribution in [0.4, 0.5) is 23.7 Å². The van der Waals surface area contributed by atoms with Gasteiger partial charge in [0.15, 0.2) is 5.82 Å². The standard InChI is InChI=1S/C12H11BrClF3N2O/c13-7-2-3-8(10(15)9(7)14)18-11(20)19-5-1-4-12(16,17)6-19/h2-3H,1,4-6H2,(H,18,20). The van der Waals surface area contributed by atoms with Crippen molar-refractivity contribution in [1.29, 1.82) is 0 Å². The number of amides is 2. The van der Waals surface area contributed by atoms with E-state index in [2.05, 4.69) is 21.2 Å². The highest BCUT2D eigenvalue weighted by molar-refractivity contribution is 9.10. The lowest BCUT2D eigenvalue weighted by Crippen LogP contribution is -2.47. The number of carbonyl (C=O) groups excluding carboxylic acids is 1. The number of likely N-dealkylation sites (tertiary alicyclic amines) is 1. The minimum atomic E-state index is -2.90. The molecule has 1 N–H and O–H groups in total. The number of piperidine rings is 1. The monoisotopic (exact) mass is 370 g/mol. The highest BCUT2D eigenvalue weighted by atomic mass is 79.9. The van der Waals surface area contributed by atoms with Crippen LogP contribution in [0.2, 0.25) is 5.02 Å². The molecule has 0 bridgehead atoms. The van der Waals surface area contributed by atoms with Gasteiger partial charge in [-0.25, -0.2) is 18.0 Å². The molecular weight excluding hydrogens is 360 g/mol. The zero-order valence-corrected chi connectivity index (χ0v) is 12.6. The Bertz CT molecular complexity index is 542. The van der Waals surface area contributed by atoms with E-state index in [0.29, 0.717) is 4.47 Å². The Morgan fingerprint density at radius 2 is 2.15 bits per heavy atom. The molecule has 2 rings (SSSR count). The third-order valence-corrected chi connectivity index (χ3v) is 4.22. The number of halogens is 5. The van der Waals surface area contributed by atoms with Gasteiger partial charge in [0, 0.05) is 17.4 Å². The van der Waals surface area contributed by atoms with Gasteiger partial charge < -0.3 is 10.2 Å². The second kappa shape index (κ2) is 5.81. The molecule has 0 aromatic heterocycles. The first kappa shape index (κ1) is 15.4. The molecule has 2 amide bonds. The van der Waals surface area contributed by atoms with E-state index in [1.54, 1.807) is 0 Å². The van der Waals surface area contributed by atoms with Crippen molar-refractivity contribution in [2.75, 3.05) is 18.4 Å². The van der Waals surface area contributed by atoms with E-state index in [0.717, 1.165) is 4.90 Å². The van der Waals surface area contributed by atoms with Crippen molar-refractivity contribution in [2.45, 2.75) is 18.8 Å². The summed E-state index contributed by atoms with van der Waals surface area (Å²) in [5.74, 6) is -3.70. The van der Waals surface area contributed by atoms with Gasteiger partial charge in [-0.15, -0.1) is 0 Å². The third-order valence-electron chi connectivity index (χ3n) is 2.96. The van der Waals surface area contributed by atoms with Crippen molar-refractivity contribution in [3.8, 4) is 0 Å². The van der Waals surface area contributed by atoms with Gasteiger partial charge in [-0.05, 0) is 34.5 Å². The van der Waals surface area contributed by atoms with Crippen molar-refractivity contribution in [2.24, 2.45) is 0 Å². The van der Waals surface area contributed by atoms with E-state index in [4.69, 9.17) is 11.6 Å². The molecule has 0 aliphatic carbocycles. The summed E-state index contributed by atoms with van der Waals surface area (Å²) >= 11 is 8.73. The first-order valence-electron chi connectivity index (χ1n) is 5.87. The van der Waals surface area contributed by atoms with Crippen LogP contribution in [0.3, 0.4) is 0 Å². The minimum absolute atomic E-state index is 0.142. The average molecular weight is 372 g/mol. The maximum absolute atomic E-state index is 13.8. The molecule has 1 aromatic carbocycles. The van der Waals surface area contributed by atoms with Crippen LogP contribution in [0, 0.1) is 5.82 Å². The van der Waals surface area contributed by atoms with Crippen LogP contribution in [0.5, 0.6) is 0 Å². The summed E-state index contributed by atoms with van der Waals surface area (Å²) in [6, 6.07) is 2.01. The lowest BCUT2D eigenvalue weighted by molar-refractivity contribution is -0.0510. The molecule has 1 aromatic rings. The van der Waals surface area contributed by atoms with Crippen molar-refractivity contribution in [3.63, 3.8) is 0 Å². The summed E-state index contributed by atoms with van der Waals surface area (Å²) in [5.41, 5.74) is -0.142. The summed E-state index contributed by atoms with van der Waals surface area (Å²) in [7, 11) is 0. The van der Waals surface area contributed by atoms with Crippen LogP contribution >= 0.6 is 27.5 Å². The van der Waals surface area contributed by atoms with E-state index in [9.17, 15) is 18.0 Å². The summed E-state index contributed by atoms with van der Waals surface area (Å²) in [6.45, 7) is -0.446. The molecule has 3 nitrogen and oxygen atoms in total. The zero-order valence-electron chi connectivity index (χ0n) is 10.2. The number of nitrogens with zero attached hydrogens (tertiary/aromatic N) is 1. The third kappa shape index (κ3) is 3.38. The number of urea groups is 1. The molecular formula is C12H11BrClF3N2O. The molecule has 0 spiro atoms. The van der Waals surface area contributed by atoms with Gasteiger partial charge in [0.1, 0.15) is 0 Å². The van der Waals surface area contributed by atoms with Crippen LogP contribution in [-0.2, 0) is 0 Å². The molecule has 0 atom stereocenters. The largest absolute Gasteiger partial charge is 0.322 e. The van der Waals surface area contributed by atoms with E-state index in [1.807, 2.05) is 0 Å². The molecule has 1 aliphatic heterocycles. The van der Waals surface area contributed by atoms with Crippen LogP contribution < -0.4 is 5.32 Å². The molecule has 20 heavy (non-hydrogen) atoms. The molecule has 0 unspecified atom stereocenters. The molecule has 1 heterocycles. The van der Waals surface area contributed by atoms with Gasteiger partial charge in [0.2, 0.25) is 0 Å². The second-order valence-electron chi connectivity index (χ2n) is 4.53. The Morgan fingerprint density at radius 3 is 2.80 bits per heavy atom. The quantitative estimate of drug-likeness (QED) is 0.724. The zero-order chi connectivity index (χ0) is 14.9. The Balaban J connectivity index is 2.10. The Hall–Kier alpha value is -0.950. The smallest absolute Gasteiger partial charge is 0.318 e. The van der Waals surface area contributed by atoms with Gasteiger partial charge in [-0.1, -0.05) is 11.6 Å². The van der Waals surface area contributed by atoms with Crippen molar-refractivity contribution < 1.29 is 18.0 Å². The Labute approximate surface area is 127 Å². The summed E-state index contributed by atoms with van der Waals surface area (Å²) in [5, 5.41) is 2.08. The number of nitrogens with one attached hydrogen (secondary N) is 1. The molecule has 8 heteroatoms. The average Bonchev–Trinajstić information content (AvgIpc) is 2.38. The fourth-order valence-electron chi connectivity index (χ4n) is 1.96. The van der Waals surface area contributed by atoms with E-state index in [-0.39, 0.29) is 30.1 Å². The number of benzene rings is 1. The van der Waals surface area contributed by atoms with Gasteiger partial charge >= 0.3 is 6.03 Å². The summed E-state index contributed by atoms with van der Waals surface area (Å²) < 4.78 is 40.6. The molecule has 1 saturated heterocycles. The van der Waals surface area contributed by atoms with E-state index < -0.39 is 24.3 Å². The fraction of sp³-hybridized carbons (Fsp3) is 0.417. The summed E-state index contributed by atoms with van der Waals surface area (Å²) in [6.07, 6.45) is -0.0285. The highest BCUT2D eigenvalue weighted by Crippen LogP contribution is 2.31. The number of carbonyl (C=O) groups is 1. The van der Waals surface area contributed by atoms with E-state index in [1.165, 1.54) is 12.1 Å². The molecule has 0 saturated carbocycles.